The van der Waals surface area contributed by atoms with Crippen LogP contribution in [0.3, 0.4) is 0 Å². The second-order valence-corrected chi connectivity index (χ2v) is 4.17. The molecule has 0 heterocycles. The Morgan fingerprint density at radius 2 is 2.06 bits per heavy atom. The average Bonchev–Trinajstić information content (AvgIpc) is 2.35. The van der Waals surface area contributed by atoms with Crippen molar-refractivity contribution in [2.45, 2.75) is 13.0 Å². The van der Waals surface area contributed by atoms with E-state index in [9.17, 15) is 0 Å². The zero-order valence-corrected chi connectivity index (χ0v) is 11.9. The normalized spacial score (nSPS) is 13.8. The molecule has 4 N–H and O–H groups in total. The van der Waals surface area contributed by atoms with Gasteiger partial charge in [-0.05, 0) is 14.0 Å². The van der Waals surface area contributed by atoms with Crippen molar-refractivity contribution in [3.63, 3.8) is 0 Å². The van der Waals surface area contributed by atoms with E-state index in [-0.39, 0.29) is 6.04 Å². The first kappa shape index (κ1) is 17.1. The van der Waals surface area contributed by atoms with Crippen LogP contribution in [-0.4, -0.2) is 71.0 Å². The Kier molecular flexibility index (Phi) is 10.7. The van der Waals surface area contributed by atoms with E-state index in [0.717, 1.165) is 19.7 Å². The molecule has 0 spiro atoms. The number of guanidine groups is 1. The molecule has 1 atom stereocenters. The van der Waals surface area contributed by atoms with Gasteiger partial charge in [-0.1, -0.05) is 0 Å². The van der Waals surface area contributed by atoms with Gasteiger partial charge in [-0.3, -0.25) is 10.4 Å². The largest absolute Gasteiger partial charge is 0.383 e. The van der Waals surface area contributed by atoms with Crippen LogP contribution in [0.5, 0.6) is 0 Å². The molecule has 0 fully saturated rings. The predicted octanol–water partition coefficient (Wildman–Crippen LogP) is -0.992. The van der Waals surface area contributed by atoms with E-state index in [1.54, 1.807) is 14.2 Å². The summed E-state index contributed by atoms with van der Waals surface area (Å²) in [5.41, 5.74) is 2.55. The third-order valence-corrected chi connectivity index (χ3v) is 2.37. The highest BCUT2D eigenvalue weighted by atomic mass is 16.5. The first-order valence-electron chi connectivity index (χ1n) is 6.08. The Hall–Kier alpha value is -0.890. The molecule has 108 valence electrons. The van der Waals surface area contributed by atoms with Gasteiger partial charge in [-0.15, -0.1) is 0 Å². The Morgan fingerprint density at radius 3 is 2.61 bits per heavy atom. The molecular formula is C11H27N5O2. The van der Waals surface area contributed by atoms with E-state index in [1.165, 1.54) is 0 Å². The van der Waals surface area contributed by atoms with Crippen molar-refractivity contribution in [2.75, 3.05) is 54.1 Å². The highest BCUT2D eigenvalue weighted by Gasteiger charge is 2.03. The van der Waals surface area contributed by atoms with Crippen molar-refractivity contribution in [2.24, 2.45) is 10.8 Å². The lowest BCUT2D eigenvalue weighted by Gasteiger charge is -2.17. The van der Waals surface area contributed by atoms with Gasteiger partial charge in [0.25, 0.3) is 0 Å². The SMILES string of the molecule is COCCN(C)CCN=C(NN)NC(C)COC. The summed E-state index contributed by atoms with van der Waals surface area (Å²) >= 11 is 0. The van der Waals surface area contributed by atoms with E-state index in [1.807, 2.05) is 14.0 Å². The van der Waals surface area contributed by atoms with Crippen LogP contribution in [0.2, 0.25) is 0 Å². The number of hydrazine groups is 1. The molecular weight excluding hydrogens is 234 g/mol. The van der Waals surface area contributed by atoms with Crippen molar-refractivity contribution in [1.82, 2.24) is 15.6 Å². The fourth-order valence-electron chi connectivity index (χ4n) is 1.35. The lowest BCUT2D eigenvalue weighted by Crippen LogP contribution is -2.47. The number of nitrogens with two attached hydrogens (primary N) is 1. The Bertz CT molecular complexity index is 225. The summed E-state index contributed by atoms with van der Waals surface area (Å²) in [6.45, 7) is 5.76. The number of hydrogen-bond acceptors (Lipinski definition) is 5. The van der Waals surface area contributed by atoms with Crippen molar-refractivity contribution in [3.8, 4) is 0 Å². The van der Waals surface area contributed by atoms with Gasteiger partial charge in [-0.25, -0.2) is 5.84 Å². The molecule has 0 amide bonds. The van der Waals surface area contributed by atoms with Gasteiger partial charge >= 0.3 is 0 Å². The van der Waals surface area contributed by atoms with Gasteiger partial charge in [0.1, 0.15) is 0 Å². The third-order valence-electron chi connectivity index (χ3n) is 2.37. The lowest BCUT2D eigenvalue weighted by molar-refractivity contribution is 0.163. The van der Waals surface area contributed by atoms with E-state index in [4.69, 9.17) is 15.3 Å². The lowest BCUT2D eigenvalue weighted by atomic mass is 10.4. The number of hydrogen-bond donors (Lipinski definition) is 3. The van der Waals surface area contributed by atoms with E-state index in [2.05, 4.69) is 20.6 Å². The zero-order chi connectivity index (χ0) is 13.8. The topological polar surface area (TPSA) is 84.1 Å². The smallest absolute Gasteiger partial charge is 0.206 e. The van der Waals surface area contributed by atoms with Crippen LogP contribution in [0, 0.1) is 0 Å². The standard InChI is InChI=1S/C11H27N5O2/c1-10(9-18-4)14-11(15-12)13-5-6-16(2)7-8-17-3/h10H,5-9,12H2,1-4H3,(H2,13,14,15). The van der Waals surface area contributed by atoms with Crippen molar-refractivity contribution in [3.05, 3.63) is 0 Å². The Labute approximate surface area is 110 Å². The summed E-state index contributed by atoms with van der Waals surface area (Å²) in [6, 6.07) is 0.163. The maximum absolute atomic E-state index is 5.40. The third kappa shape index (κ3) is 9.17. The first-order chi connectivity index (χ1) is 8.63. The van der Waals surface area contributed by atoms with Crippen LogP contribution in [0.4, 0.5) is 0 Å². The average molecular weight is 261 g/mol. The van der Waals surface area contributed by atoms with Crippen LogP contribution in [-0.2, 0) is 9.47 Å². The Balaban J connectivity index is 3.89. The number of aliphatic imine (C=N–C) groups is 1. The number of methoxy groups -OCH3 is 2. The number of rotatable bonds is 9. The first-order valence-corrected chi connectivity index (χ1v) is 6.08. The molecule has 1 unspecified atom stereocenters. The molecule has 0 radical (unpaired) electrons. The van der Waals surface area contributed by atoms with Gasteiger partial charge in [-0.2, -0.15) is 0 Å². The molecule has 7 heteroatoms. The van der Waals surface area contributed by atoms with Gasteiger partial charge in [0.2, 0.25) is 5.96 Å². The molecule has 0 saturated heterocycles. The summed E-state index contributed by atoms with van der Waals surface area (Å²) in [7, 11) is 5.39. The number of nitrogens with zero attached hydrogens (tertiary/aromatic N) is 2. The van der Waals surface area contributed by atoms with Gasteiger partial charge in [0.15, 0.2) is 0 Å². The molecule has 0 rings (SSSR count). The van der Waals surface area contributed by atoms with Gasteiger partial charge in [0.05, 0.1) is 19.8 Å². The quantitative estimate of drug-likeness (QED) is 0.214. The highest BCUT2D eigenvalue weighted by molar-refractivity contribution is 5.79. The molecule has 0 aromatic carbocycles. The number of likely N-dealkylation sites (N-methyl/N-ethyl adjacent to an activating group) is 1. The number of nitrogens with one attached hydrogen (secondary N) is 2. The molecule has 0 aromatic heterocycles. The van der Waals surface area contributed by atoms with Crippen LogP contribution >= 0.6 is 0 Å². The zero-order valence-electron chi connectivity index (χ0n) is 11.9. The molecule has 0 aliphatic heterocycles. The molecule has 0 aromatic rings. The van der Waals surface area contributed by atoms with Crippen LogP contribution in [0.25, 0.3) is 0 Å². The van der Waals surface area contributed by atoms with Crippen molar-refractivity contribution < 1.29 is 9.47 Å². The van der Waals surface area contributed by atoms with Gasteiger partial charge < -0.3 is 19.7 Å². The monoisotopic (exact) mass is 261 g/mol. The van der Waals surface area contributed by atoms with E-state index >= 15 is 0 Å². The minimum Gasteiger partial charge on any atom is -0.383 e. The minimum absolute atomic E-state index is 0.163. The van der Waals surface area contributed by atoms with Crippen molar-refractivity contribution >= 4 is 5.96 Å². The minimum atomic E-state index is 0.163. The van der Waals surface area contributed by atoms with E-state index in [0.29, 0.717) is 19.1 Å². The summed E-state index contributed by atoms with van der Waals surface area (Å²) < 4.78 is 10.0. The molecule has 0 aliphatic carbocycles. The highest BCUT2D eigenvalue weighted by Crippen LogP contribution is 1.85. The van der Waals surface area contributed by atoms with Gasteiger partial charge in [0, 0.05) is 33.4 Å². The fourth-order valence-corrected chi connectivity index (χ4v) is 1.35. The predicted molar refractivity (Wildman–Crippen MR) is 73.5 cm³/mol. The van der Waals surface area contributed by atoms with Crippen LogP contribution in [0.1, 0.15) is 6.92 Å². The summed E-state index contributed by atoms with van der Waals surface area (Å²) in [6.07, 6.45) is 0. The summed E-state index contributed by atoms with van der Waals surface area (Å²) in [4.78, 5) is 6.50. The Morgan fingerprint density at radius 1 is 1.33 bits per heavy atom. The second kappa shape index (κ2) is 11.2. The molecule has 0 aliphatic rings. The fraction of sp³-hybridized carbons (Fsp3) is 0.909. The van der Waals surface area contributed by atoms with Crippen LogP contribution < -0.4 is 16.6 Å². The summed E-state index contributed by atoms with van der Waals surface area (Å²) in [5.74, 6) is 5.98. The molecule has 0 bridgehead atoms. The maximum atomic E-state index is 5.40. The van der Waals surface area contributed by atoms with Crippen LogP contribution in [0.15, 0.2) is 4.99 Å². The number of ether oxygens (including phenoxy) is 2. The maximum Gasteiger partial charge on any atom is 0.206 e. The summed E-state index contributed by atoms with van der Waals surface area (Å²) in [5, 5.41) is 3.13. The molecule has 7 nitrogen and oxygen atoms in total. The molecule has 0 saturated carbocycles. The molecule has 18 heavy (non-hydrogen) atoms. The second-order valence-electron chi connectivity index (χ2n) is 4.17. The van der Waals surface area contributed by atoms with Crippen molar-refractivity contribution in [1.29, 1.82) is 0 Å². The van der Waals surface area contributed by atoms with E-state index < -0.39 is 0 Å².